The summed E-state index contributed by atoms with van der Waals surface area (Å²) >= 11 is 1.64. The Morgan fingerprint density at radius 2 is 2.08 bits per heavy atom. The van der Waals surface area contributed by atoms with Crippen LogP contribution in [0.25, 0.3) is 0 Å². The Bertz CT molecular complexity index is 642. The van der Waals surface area contributed by atoms with Crippen LogP contribution in [0.2, 0.25) is 0 Å². The minimum Gasteiger partial charge on any atom is -0.475 e. The molecule has 0 aliphatic rings. The highest BCUT2D eigenvalue weighted by atomic mass is 32.1. The maximum absolute atomic E-state index is 5.44. The van der Waals surface area contributed by atoms with Crippen LogP contribution in [0.1, 0.15) is 16.3 Å². The largest absolute Gasteiger partial charge is 0.475 e. The van der Waals surface area contributed by atoms with Crippen LogP contribution in [-0.2, 0) is 17.8 Å². The van der Waals surface area contributed by atoms with Gasteiger partial charge in [-0.2, -0.15) is 0 Å². The molecule has 0 radical (unpaired) electrons. The van der Waals surface area contributed by atoms with E-state index in [0.717, 1.165) is 22.2 Å². The van der Waals surface area contributed by atoms with E-state index in [4.69, 9.17) is 9.47 Å². The van der Waals surface area contributed by atoms with Crippen molar-refractivity contribution in [3.05, 3.63) is 40.0 Å². The number of methoxy groups -OCH3 is 1. The Hall–Kier alpha value is -2.19. The van der Waals surface area contributed by atoms with Gasteiger partial charge in [0.25, 0.3) is 0 Å². The van der Waals surface area contributed by atoms with Crippen molar-refractivity contribution >= 4 is 17.3 Å². The van der Waals surface area contributed by atoms with Crippen LogP contribution in [0.4, 0.5) is 0 Å². The summed E-state index contributed by atoms with van der Waals surface area (Å²) in [5, 5.41) is 9.57. The zero-order valence-electron chi connectivity index (χ0n) is 14.2. The van der Waals surface area contributed by atoms with Crippen molar-refractivity contribution in [2.75, 3.05) is 27.4 Å². The van der Waals surface area contributed by atoms with E-state index in [2.05, 4.69) is 25.6 Å². The van der Waals surface area contributed by atoms with E-state index in [1.807, 2.05) is 24.4 Å². The molecule has 0 amide bonds. The van der Waals surface area contributed by atoms with Crippen LogP contribution < -0.4 is 15.4 Å². The van der Waals surface area contributed by atoms with E-state index < -0.39 is 0 Å². The molecule has 0 aromatic carbocycles. The van der Waals surface area contributed by atoms with Gasteiger partial charge in [-0.05, 0) is 12.5 Å². The quantitative estimate of drug-likeness (QED) is 0.429. The molecule has 2 aromatic rings. The number of hydrogen-bond donors (Lipinski definition) is 2. The number of nitrogens with zero attached hydrogens (tertiary/aromatic N) is 3. The summed E-state index contributed by atoms with van der Waals surface area (Å²) in [5.74, 6) is 1.32. The normalized spacial score (nSPS) is 11.4. The number of rotatable bonds is 8. The van der Waals surface area contributed by atoms with E-state index in [1.165, 1.54) is 0 Å². The first-order valence-corrected chi connectivity index (χ1v) is 8.51. The van der Waals surface area contributed by atoms with Gasteiger partial charge in [0.2, 0.25) is 5.88 Å². The van der Waals surface area contributed by atoms with Gasteiger partial charge in [-0.1, -0.05) is 6.07 Å². The molecule has 8 heteroatoms. The van der Waals surface area contributed by atoms with Gasteiger partial charge in [-0.3, -0.25) is 4.99 Å². The summed E-state index contributed by atoms with van der Waals surface area (Å²) in [6, 6.07) is 3.82. The number of nitrogens with one attached hydrogen (secondary N) is 2. The number of thiazole rings is 1. The monoisotopic (exact) mass is 349 g/mol. The summed E-state index contributed by atoms with van der Waals surface area (Å²) in [6.07, 6.45) is 1.78. The fourth-order valence-electron chi connectivity index (χ4n) is 1.88. The molecule has 24 heavy (non-hydrogen) atoms. The zero-order chi connectivity index (χ0) is 17.2. The first-order valence-electron chi connectivity index (χ1n) is 7.63. The van der Waals surface area contributed by atoms with Gasteiger partial charge >= 0.3 is 0 Å². The lowest BCUT2D eigenvalue weighted by atomic mass is 10.3. The average molecular weight is 349 g/mol. The second kappa shape index (κ2) is 9.84. The molecule has 0 aliphatic heterocycles. The standard InChI is InChI=1S/C16H23N5O2S/c1-12-11-24-15(21-12)10-20-16(17-2)19-9-13-4-5-14(18-8-13)23-7-6-22-3/h4-5,8,11H,6-7,9-10H2,1-3H3,(H2,17,19,20). The first kappa shape index (κ1) is 18.2. The summed E-state index contributed by atoms with van der Waals surface area (Å²) < 4.78 is 10.4. The van der Waals surface area contributed by atoms with Crippen LogP contribution in [0, 0.1) is 6.92 Å². The van der Waals surface area contributed by atoms with Gasteiger partial charge in [0.05, 0.1) is 13.2 Å². The van der Waals surface area contributed by atoms with Gasteiger partial charge in [-0.25, -0.2) is 9.97 Å². The molecule has 0 fully saturated rings. The molecule has 0 aliphatic carbocycles. The Morgan fingerprint density at radius 3 is 2.71 bits per heavy atom. The van der Waals surface area contributed by atoms with Crippen molar-refractivity contribution in [1.29, 1.82) is 0 Å². The van der Waals surface area contributed by atoms with E-state index in [1.54, 1.807) is 31.7 Å². The van der Waals surface area contributed by atoms with E-state index in [-0.39, 0.29) is 0 Å². The summed E-state index contributed by atoms with van der Waals surface area (Å²) in [4.78, 5) is 12.9. The Balaban J connectivity index is 1.76. The number of ether oxygens (including phenoxy) is 2. The topological polar surface area (TPSA) is 80.7 Å². The number of aromatic nitrogens is 2. The Kier molecular flexibility index (Phi) is 7.44. The molecule has 2 rings (SSSR count). The van der Waals surface area contributed by atoms with Gasteiger partial charge in [-0.15, -0.1) is 11.3 Å². The second-order valence-corrected chi connectivity index (χ2v) is 5.95. The highest BCUT2D eigenvalue weighted by Gasteiger charge is 2.02. The maximum atomic E-state index is 5.44. The fourth-order valence-corrected chi connectivity index (χ4v) is 2.59. The molecular formula is C16H23N5O2S. The van der Waals surface area contributed by atoms with Crippen molar-refractivity contribution in [3.8, 4) is 5.88 Å². The van der Waals surface area contributed by atoms with Crippen molar-refractivity contribution in [1.82, 2.24) is 20.6 Å². The van der Waals surface area contributed by atoms with Gasteiger partial charge < -0.3 is 20.1 Å². The van der Waals surface area contributed by atoms with E-state index in [0.29, 0.717) is 32.2 Å². The molecule has 0 saturated carbocycles. The van der Waals surface area contributed by atoms with Crippen molar-refractivity contribution in [3.63, 3.8) is 0 Å². The minimum atomic E-state index is 0.494. The molecule has 2 aromatic heterocycles. The van der Waals surface area contributed by atoms with Gasteiger partial charge in [0, 0.05) is 44.0 Å². The smallest absolute Gasteiger partial charge is 0.213 e. The molecular weight excluding hydrogens is 326 g/mol. The van der Waals surface area contributed by atoms with Crippen molar-refractivity contribution < 1.29 is 9.47 Å². The van der Waals surface area contributed by atoms with Crippen molar-refractivity contribution in [2.45, 2.75) is 20.0 Å². The molecule has 2 N–H and O–H groups in total. The lowest BCUT2D eigenvalue weighted by molar-refractivity contribution is 0.143. The van der Waals surface area contributed by atoms with Crippen LogP contribution >= 0.6 is 11.3 Å². The van der Waals surface area contributed by atoms with Gasteiger partial charge in [0.15, 0.2) is 5.96 Å². The summed E-state index contributed by atoms with van der Waals surface area (Å²) in [5.41, 5.74) is 2.08. The lowest BCUT2D eigenvalue weighted by Crippen LogP contribution is -2.36. The molecule has 0 bridgehead atoms. The third kappa shape index (κ3) is 6.13. The number of guanidine groups is 1. The Labute approximate surface area is 146 Å². The molecule has 130 valence electrons. The van der Waals surface area contributed by atoms with Crippen LogP contribution in [-0.4, -0.2) is 43.3 Å². The SMILES string of the molecule is CN=C(NCc1ccc(OCCOC)nc1)NCc1nc(C)cs1. The molecule has 0 saturated heterocycles. The maximum Gasteiger partial charge on any atom is 0.213 e. The van der Waals surface area contributed by atoms with Gasteiger partial charge in [0.1, 0.15) is 11.6 Å². The number of hydrogen-bond acceptors (Lipinski definition) is 6. The van der Waals surface area contributed by atoms with Crippen LogP contribution in [0.5, 0.6) is 5.88 Å². The fraction of sp³-hybridized carbons (Fsp3) is 0.438. The van der Waals surface area contributed by atoms with Crippen LogP contribution in [0.3, 0.4) is 0 Å². The lowest BCUT2D eigenvalue weighted by Gasteiger charge is -2.11. The van der Waals surface area contributed by atoms with E-state index in [9.17, 15) is 0 Å². The number of pyridine rings is 1. The molecule has 2 heterocycles. The molecule has 0 atom stereocenters. The average Bonchev–Trinajstić information content (AvgIpc) is 3.02. The van der Waals surface area contributed by atoms with Crippen molar-refractivity contribution in [2.24, 2.45) is 4.99 Å². The second-order valence-electron chi connectivity index (χ2n) is 5.01. The zero-order valence-corrected chi connectivity index (χ0v) is 15.0. The Morgan fingerprint density at radius 1 is 1.25 bits per heavy atom. The predicted molar refractivity (Wildman–Crippen MR) is 95.5 cm³/mol. The van der Waals surface area contributed by atoms with Crippen LogP contribution in [0.15, 0.2) is 28.7 Å². The third-order valence-electron chi connectivity index (χ3n) is 3.09. The first-order chi connectivity index (χ1) is 11.7. The van der Waals surface area contributed by atoms with E-state index >= 15 is 0 Å². The highest BCUT2D eigenvalue weighted by molar-refractivity contribution is 7.09. The summed E-state index contributed by atoms with van der Waals surface area (Å²) in [6.45, 7) is 4.31. The molecule has 0 unspecified atom stereocenters. The number of aliphatic imine (C=N–C) groups is 1. The molecule has 0 spiro atoms. The summed E-state index contributed by atoms with van der Waals surface area (Å²) in [7, 11) is 3.38. The number of aryl methyl sites for hydroxylation is 1. The predicted octanol–water partition coefficient (Wildman–Crippen LogP) is 1.74. The highest BCUT2D eigenvalue weighted by Crippen LogP contribution is 2.08. The minimum absolute atomic E-state index is 0.494. The molecule has 7 nitrogen and oxygen atoms in total. The third-order valence-corrected chi connectivity index (χ3v) is 4.06.